The summed E-state index contributed by atoms with van der Waals surface area (Å²) < 4.78 is 6.05. The molecule has 0 atom stereocenters. The molecule has 0 amide bonds. The number of halogens is 1. The quantitative estimate of drug-likeness (QED) is 0.268. The Labute approximate surface area is 164 Å². The lowest BCUT2D eigenvalue weighted by Crippen LogP contribution is -2.16. The summed E-state index contributed by atoms with van der Waals surface area (Å²) in [6, 6.07) is 13.4. The first-order valence-corrected chi connectivity index (χ1v) is 12.4. The molecule has 25 heavy (non-hydrogen) atoms. The zero-order valence-corrected chi connectivity index (χ0v) is 17.9. The summed E-state index contributed by atoms with van der Waals surface area (Å²) in [5.74, 6) is 8.93. The third kappa shape index (κ3) is 6.08. The highest BCUT2D eigenvalue weighted by Crippen LogP contribution is 2.13. The van der Waals surface area contributed by atoms with Gasteiger partial charge < -0.3 is 4.74 Å². The minimum Gasteiger partial charge on any atom is -0.465 e. The van der Waals surface area contributed by atoms with Crippen LogP contribution in [-0.2, 0) is 4.74 Å². The van der Waals surface area contributed by atoms with E-state index in [4.69, 9.17) is 4.74 Å². The summed E-state index contributed by atoms with van der Waals surface area (Å²) in [6.07, 6.45) is 0. The van der Waals surface area contributed by atoms with Crippen LogP contribution in [0.2, 0.25) is 19.6 Å². The summed E-state index contributed by atoms with van der Waals surface area (Å²) in [5, 5.41) is 0. The second kappa shape index (κ2) is 8.38. The van der Waals surface area contributed by atoms with Crippen molar-refractivity contribution in [3.05, 3.63) is 68.3 Å². The smallest absolute Gasteiger partial charge is 0.339 e. The zero-order chi connectivity index (χ0) is 18.4. The maximum atomic E-state index is 12.1. The van der Waals surface area contributed by atoms with E-state index in [2.05, 4.69) is 65.5 Å². The van der Waals surface area contributed by atoms with Gasteiger partial charge in [0.05, 0.1) is 12.7 Å². The van der Waals surface area contributed by atoms with E-state index in [0.29, 0.717) is 11.1 Å². The second-order valence-electron chi connectivity index (χ2n) is 6.51. The van der Waals surface area contributed by atoms with Gasteiger partial charge in [0.1, 0.15) is 8.07 Å². The fraction of sp³-hybridized carbons (Fsp3) is 0.190. The van der Waals surface area contributed by atoms with Crippen molar-refractivity contribution in [1.82, 2.24) is 0 Å². The van der Waals surface area contributed by atoms with Crippen LogP contribution in [-0.4, -0.2) is 21.2 Å². The topological polar surface area (TPSA) is 26.3 Å². The maximum absolute atomic E-state index is 12.1. The van der Waals surface area contributed by atoms with Crippen LogP contribution in [0.3, 0.4) is 0 Å². The van der Waals surface area contributed by atoms with Crippen LogP contribution in [0.5, 0.6) is 0 Å². The van der Waals surface area contributed by atoms with Gasteiger partial charge in [-0.15, -0.1) is 5.54 Å². The Kier molecular flexibility index (Phi) is 6.47. The number of hydrogen-bond acceptors (Lipinski definition) is 2. The average Bonchev–Trinajstić information content (AvgIpc) is 2.58. The first-order chi connectivity index (χ1) is 11.8. The molecule has 0 saturated heterocycles. The van der Waals surface area contributed by atoms with Crippen LogP contribution in [0, 0.1) is 26.9 Å². The monoisotopic (exact) mass is 458 g/mol. The molecule has 2 aromatic carbocycles. The first-order valence-electron chi connectivity index (χ1n) is 7.81. The van der Waals surface area contributed by atoms with Gasteiger partial charge in [0.15, 0.2) is 0 Å². The fourth-order valence-corrected chi connectivity index (χ4v) is 2.82. The molecule has 126 valence electrons. The van der Waals surface area contributed by atoms with Gasteiger partial charge in [0.2, 0.25) is 0 Å². The molecule has 0 aromatic heterocycles. The lowest BCUT2D eigenvalue weighted by atomic mass is 10.0. The average molecular weight is 458 g/mol. The number of carbonyl (C=O) groups excluding carboxylic acids is 1. The molecule has 0 aliphatic carbocycles. The van der Waals surface area contributed by atoms with Gasteiger partial charge in [0, 0.05) is 20.3 Å². The summed E-state index contributed by atoms with van der Waals surface area (Å²) >= 11 is 2.25. The van der Waals surface area contributed by atoms with Crippen molar-refractivity contribution in [1.29, 1.82) is 0 Å². The summed E-state index contributed by atoms with van der Waals surface area (Å²) in [6.45, 7) is 6.55. The van der Waals surface area contributed by atoms with Crippen molar-refractivity contribution in [3.8, 4) is 23.3 Å². The number of carbonyl (C=O) groups is 1. The van der Waals surface area contributed by atoms with Crippen LogP contribution >= 0.6 is 22.6 Å². The molecule has 0 saturated carbocycles. The van der Waals surface area contributed by atoms with E-state index < -0.39 is 14.0 Å². The number of hydrogen-bond donors (Lipinski definition) is 0. The van der Waals surface area contributed by atoms with Crippen LogP contribution < -0.4 is 0 Å². The van der Waals surface area contributed by atoms with E-state index in [1.54, 1.807) is 6.07 Å². The molecule has 0 aliphatic rings. The van der Waals surface area contributed by atoms with Crippen molar-refractivity contribution in [2.75, 3.05) is 7.11 Å². The van der Waals surface area contributed by atoms with Crippen molar-refractivity contribution in [2.24, 2.45) is 0 Å². The van der Waals surface area contributed by atoms with E-state index >= 15 is 0 Å². The molecule has 0 spiro atoms. The molecule has 0 N–H and O–H groups in total. The van der Waals surface area contributed by atoms with Gasteiger partial charge in [-0.2, -0.15) is 0 Å². The Morgan fingerprint density at radius 3 is 2.20 bits per heavy atom. The lowest BCUT2D eigenvalue weighted by molar-refractivity contribution is 0.0600. The van der Waals surface area contributed by atoms with Crippen LogP contribution in [0.1, 0.15) is 27.0 Å². The Morgan fingerprint density at radius 1 is 0.960 bits per heavy atom. The predicted molar refractivity (Wildman–Crippen MR) is 113 cm³/mol. The Bertz CT molecular complexity index is 901. The van der Waals surface area contributed by atoms with Crippen LogP contribution in [0.15, 0.2) is 42.5 Å². The number of benzene rings is 2. The van der Waals surface area contributed by atoms with Crippen molar-refractivity contribution < 1.29 is 9.53 Å². The zero-order valence-electron chi connectivity index (χ0n) is 14.7. The lowest BCUT2D eigenvalue weighted by Gasteiger charge is -2.05. The summed E-state index contributed by atoms with van der Waals surface area (Å²) in [4.78, 5) is 12.1. The molecule has 4 heteroatoms. The highest BCUT2D eigenvalue weighted by Gasteiger charge is 2.12. The van der Waals surface area contributed by atoms with E-state index in [1.165, 1.54) is 7.11 Å². The minimum atomic E-state index is -1.48. The molecule has 0 unspecified atom stereocenters. The maximum Gasteiger partial charge on any atom is 0.339 e. The van der Waals surface area contributed by atoms with Crippen LogP contribution in [0.25, 0.3) is 0 Å². The third-order valence-corrected chi connectivity index (χ3v) is 4.79. The molecule has 0 aliphatic heterocycles. The summed E-state index contributed by atoms with van der Waals surface area (Å²) in [5.41, 5.74) is 6.10. The Morgan fingerprint density at radius 2 is 1.60 bits per heavy atom. The number of rotatable bonds is 1. The minimum absolute atomic E-state index is 0.399. The highest BCUT2D eigenvalue weighted by atomic mass is 127. The third-order valence-electron chi connectivity index (χ3n) is 3.19. The van der Waals surface area contributed by atoms with Gasteiger partial charge in [-0.05, 0) is 65.1 Å². The largest absolute Gasteiger partial charge is 0.465 e. The molecule has 0 radical (unpaired) electrons. The molecule has 2 rings (SSSR count). The predicted octanol–water partition coefficient (Wildman–Crippen LogP) is 4.71. The number of methoxy groups -OCH3 is 1. The van der Waals surface area contributed by atoms with E-state index in [-0.39, 0.29) is 0 Å². The Balaban J connectivity index is 2.42. The molecule has 0 bridgehead atoms. The van der Waals surface area contributed by atoms with Crippen molar-refractivity contribution in [3.63, 3.8) is 0 Å². The SMILES string of the molecule is COC(=O)c1cc(C#C[Si](C)(C)C)ccc1C#Cc1ccc(I)cc1. The summed E-state index contributed by atoms with van der Waals surface area (Å²) in [7, 11) is -0.102. The van der Waals surface area contributed by atoms with E-state index in [0.717, 1.165) is 14.7 Å². The van der Waals surface area contributed by atoms with Gasteiger partial charge in [-0.25, -0.2) is 4.79 Å². The molecule has 2 aromatic rings. The van der Waals surface area contributed by atoms with Gasteiger partial charge in [-0.3, -0.25) is 0 Å². The number of ether oxygens (including phenoxy) is 1. The molecule has 0 heterocycles. The van der Waals surface area contributed by atoms with Gasteiger partial charge >= 0.3 is 5.97 Å². The molecular formula is C21H19IO2Si. The standard InChI is InChI=1S/C21H19IO2Si/c1-24-21(23)20-15-17(13-14-25(2,3)4)6-10-18(20)9-5-16-7-11-19(22)12-8-16/h6-8,10-12,15H,1-4H3. The number of esters is 1. The fourth-order valence-electron chi connectivity index (χ4n) is 1.94. The van der Waals surface area contributed by atoms with Crippen LogP contribution in [0.4, 0.5) is 0 Å². The van der Waals surface area contributed by atoms with Crippen molar-refractivity contribution in [2.45, 2.75) is 19.6 Å². The first kappa shape index (κ1) is 19.3. The molecule has 2 nitrogen and oxygen atoms in total. The van der Waals surface area contributed by atoms with Crippen molar-refractivity contribution >= 4 is 36.6 Å². The van der Waals surface area contributed by atoms with Gasteiger partial charge in [0.25, 0.3) is 0 Å². The van der Waals surface area contributed by atoms with E-state index in [9.17, 15) is 4.79 Å². The Hall–Kier alpha value is -2.02. The normalized spacial score (nSPS) is 10.1. The second-order valence-corrected chi connectivity index (χ2v) is 12.5. The molecular weight excluding hydrogens is 439 g/mol. The van der Waals surface area contributed by atoms with E-state index in [1.807, 2.05) is 36.4 Å². The highest BCUT2D eigenvalue weighted by molar-refractivity contribution is 14.1. The molecule has 0 fully saturated rings. The van der Waals surface area contributed by atoms with Gasteiger partial charge in [-0.1, -0.05) is 37.4 Å².